The monoisotopic (exact) mass is 461 g/mol. The molecule has 4 aromatic rings. The Morgan fingerprint density at radius 2 is 1.78 bits per heavy atom. The summed E-state index contributed by atoms with van der Waals surface area (Å²) in [5.74, 6) is 0.668. The van der Waals surface area contributed by atoms with Crippen LogP contribution in [0, 0.1) is 0 Å². The van der Waals surface area contributed by atoms with Crippen molar-refractivity contribution >= 4 is 34.8 Å². The lowest BCUT2D eigenvalue weighted by atomic mass is 9.78. The van der Waals surface area contributed by atoms with Crippen molar-refractivity contribution < 1.29 is 5.11 Å². The summed E-state index contributed by atoms with van der Waals surface area (Å²) in [5.41, 5.74) is 7.36. The molecule has 6 heteroatoms. The highest BCUT2D eigenvalue weighted by molar-refractivity contribution is 6.35. The average molecular weight is 462 g/mol. The Morgan fingerprint density at radius 1 is 0.969 bits per heavy atom. The first kappa shape index (κ1) is 21.0. The second kappa shape index (κ2) is 8.91. The molecule has 1 heterocycles. The molecule has 160 valence electrons. The molecule has 1 aliphatic rings. The Morgan fingerprint density at radius 3 is 2.56 bits per heavy atom. The molecule has 4 nitrogen and oxygen atoms in total. The fourth-order valence-corrected chi connectivity index (χ4v) is 4.81. The zero-order valence-electron chi connectivity index (χ0n) is 17.2. The Kier molecular flexibility index (Phi) is 5.83. The first-order valence-corrected chi connectivity index (χ1v) is 11.2. The van der Waals surface area contributed by atoms with E-state index in [4.69, 9.17) is 33.3 Å². The van der Waals surface area contributed by atoms with E-state index in [9.17, 15) is 0 Å². The number of rotatable bonds is 5. The van der Waals surface area contributed by atoms with E-state index in [1.807, 2.05) is 48.7 Å². The number of fused-ring (bicyclic) bond motifs is 3. The Bertz CT molecular complexity index is 1270. The minimum absolute atomic E-state index is 0.116. The first-order valence-electron chi connectivity index (χ1n) is 10.5. The number of anilines is 2. The molecule has 0 bridgehead atoms. The fourth-order valence-electron chi connectivity index (χ4n) is 4.27. The lowest BCUT2D eigenvalue weighted by Gasteiger charge is -2.28. The van der Waals surface area contributed by atoms with Gasteiger partial charge in [0.15, 0.2) is 0 Å². The number of aliphatic hydroxyl groups is 1. The van der Waals surface area contributed by atoms with Gasteiger partial charge < -0.3 is 10.4 Å². The van der Waals surface area contributed by atoms with Crippen LogP contribution in [0.2, 0.25) is 10.0 Å². The van der Waals surface area contributed by atoms with Gasteiger partial charge in [0, 0.05) is 40.0 Å². The lowest BCUT2D eigenvalue weighted by Crippen LogP contribution is -2.15. The van der Waals surface area contributed by atoms with E-state index in [1.54, 1.807) is 6.07 Å². The van der Waals surface area contributed by atoms with Crippen molar-refractivity contribution in [1.29, 1.82) is 0 Å². The van der Waals surface area contributed by atoms with Crippen molar-refractivity contribution in [2.75, 3.05) is 11.9 Å². The summed E-state index contributed by atoms with van der Waals surface area (Å²) >= 11 is 12.7. The minimum Gasteiger partial charge on any atom is -0.396 e. The highest BCUT2D eigenvalue weighted by atomic mass is 35.5. The molecule has 0 spiro atoms. The molecule has 1 atom stereocenters. The van der Waals surface area contributed by atoms with Gasteiger partial charge in [0.25, 0.3) is 0 Å². The maximum atomic E-state index is 9.09. The maximum Gasteiger partial charge on any atom is 0.227 e. The molecule has 0 amide bonds. The summed E-state index contributed by atoms with van der Waals surface area (Å²) in [5, 5.41) is 13.7. The SMILES string of the molecule is OCCc1ccc(Nc2ncc3c(n2)-c2ccccc2C(c2ccc(Cl)cc2Cl)C3)cc1. The normalized spacial score (nSPS) is 14.5. The molecule has 0 radical (unpaired) electrons. The van der Waals surface area contributed by atoms with Crippen molar-refractivity contribution in [3.05, 3.63) is 105 Å². The largest absolute Gasteiger partial charge is 0.396 e. The van der Waals surface area contributed by atoms with Gasteiger partial charge in [-0.25, -0.2) is 9.97 Å². The Balaban J connectivity index is 1.49. The number of benzene rings is 3. The lowest BCUT2D eigenvalue weighted by molar-refractivity contribution is 0.299. The molecule has 1 aliphatic carbocycles. The molecular formula is C26H21Cl2N3O. The van der Waals surface area contributed by atoms with E-state index in [0.717, 1.165) is 40.1 Å². The fraction of sp³-hybridized carbons (Fsp3) is 0.154. The van der Waals surface area contributed by atoms with Crippen molar-refractivity contribution in [2.24, 2.45) is 0 Å². The predicted molar refractivity (Wildman–Crippen MR) is 130 cm³/mol. The molecule has 0 aliphatic heterocycles. The third-order valence-electron chi connectivity index (χ3n) is 5.83. The summed E-state index contributed by atoms with van der Waals surface area (Å²) in [6.07, 6.45) is 3.31. The highest BCUT2D eigenvalue weighted by Crippen LogP contribution is 2.44. The molecule has 0 saturated carbocycles. The molecule has 1 aromatic heterocycles. The third-order valence-corrected chi connectivity index (χ3v) is 6.39. The van der Waals surface area contributed by atoms with Gasteiger partial charge in [-0.05, 0) is 59.4 Å². The Hall–Kier alpha value is -2.92. The summed E-state index contributed by atoms with van der Waals surface area (Å²) in [4.78, 5) is 9.42. The van der Waals surface area contributed by atoms with Gasteiger partial charge >= 0.3 is 0 Å². The smallest absolute Gasteiger partial charge is 0.227 e. The molecule has 32 heavy (non-hydrogen) atoms. The number of hydrogen-bond acceptors (Lipinski definition) is 4. The maximum absolute atomic E-state index is 9.09. The van der Waals surface area contributed by atoms with Crippen molar-refractivity contribution in [3.8, 4) is 11.3 Å². The van der Waals surface area contributed by atoms with Crippen LogP contribution in [0.3, 0.4) is 0 Å². The number of aromatic nitrogens is 2. The number of nitrogens with zero attached hydrogens (tertiary/aromatic N) is 2. The van der Waals surface area contributed by atoms with Gasteiger partial charge in [0.05, 0.1) is 5.69 Å². The Labute approximate surface area is 196 Å². The average Bonchev–Trinajstić information content (AvgIpc) is 2.80. The second-order valence-corrected chi connectivity index (χ2v) is 8.72. The van der Waals surface area contributed by atoms with E-state index in [1.165, 1.54) is 5.56 Å². The van der Waals surface area contributed by atoms with Crippen LogP contribution < -0.4 is 5.32 Å². The highest BCUT2D eigenvalue weighted by Gasteiger charge is 2.28. The molecule has 1 unspecified atom stereocenters. The van der Waals surface area contributed by atoms with Crippen LogP contribution in [0.4, 0.5) is 11.6 Å². The zero-order valence-corrected chi connectivity index (χ0v) is 18.7. The number of aliphatic hydroxyl groups excluding tert-OH is 1. The van der Waals surface area contributed by atoms with E-state index >= 15 is 0 Å². The molecule has 2 N–H and O–H groups in total. The van der Waals surface area contributed by atoms with Gasteiger partial charge in [0.2, 0.25) is 5.95 Å². The topological polar surface area (TPSA) is 58.0 Å². The van der Waals surface area contributed by atoms with Crippen LogP contribution in [-0.4, -0.2) is 21.7 Å². The van der Waals surface area contributed by atoms with Crippen LogP contribution in [-0.2, 0) is 12.8 Å². The van der Waals surface area contributed by atoms with Gasteiger partial charge in [-0.1, -0.05) is 65.7 Å². The predicted octanol–water partition coefficient (Wildman–Crippen LogP) is 6.42. The minimum atomic E-state index is 0.116. The van der Waals surface area contributed by atoms with Crippen LogP contribution in [0.15, 0.2) is 72.9 Å². The molecule has 0 saturated heterocycles. The van der Waals surface area contributed by atoms with Gasteiger partial charge in [0.1, 0.15) is 0 Å². The van der Waals surface area contributed by atoms with Crippen molar-refractivity contribution in [3.63, 3.8) is 0 Å². The van der Waals surface area contributed by atoms with Crippen molar-refractivity contribution in [1.82, 2.24) is 9.97 Å². The number of halogens is 2. The first-order chi connectivity index (χ1) is 15.6. The van der Waals surface area contributed by atoms with E-state index in [-0.39, 0.29) is 12.5 Å². The quantitative estimate of drug-likeness (QED) is 0.360. The number of nitrogens with one attached hydrogen (secondary N) is 1. The van der Waals surface area contributed by atoms with E-state index < -0.39 is 0 Å². The summed E-state index contributed by atoms with van der Waals surface area (Å²) in [6.45, 7) is 0.141. The van der Waals surface area contributed by atoms with Crippen LogP contribution in [0.5, 0.6) is 0 Å². The molecule has 0 fully saturated rings. The van der Waals surface area contributed by atoms with Crippen LogP contribution in [0.25, 0.3) is 11.3 Å². The third kappa shape index (κ3) is 4.09. The van der Waals surface area contributed by atoms with Crippen LogP contribution in [0.1, 0.15) is 28.2 Å². The summed E-state index contributed by atoms with van der Waals surface area (Å²) in [7, 11) is 0. The van der Waals surface area contributed by atoms with E-state index in [2.05, 4.69) is 28.5 Å². The van der Waals surface area contributed by atoms with Crippen molar-refractivity contribution in [2.45, 2.75) is 18.8 Å². The standard InChI is InChI=1S/C26H21Cl2N3O/c27-18-7-10-21(24(28)14-18)23-13-17-15-29-26(30-19-8-5-16(6-9-19)11-12-32)31-25(17)22-4-2-1-3-20(22)23/h1-10,14-15,23,32H,11-13H2,(H,29,30,31). The van der Waals surface area contributed by atoms with Gasteiger partial charge in [-0.3, -0.25) is 0 Å². The molecule has 5 rings (SSSR count). The second-order valence-electron chi connectivity index (χ2n) is 7.87. The van der Waals surface area contributed by atoms with E-state index in [0.29, 0.717) is 22.4 Å². The summed E-state index contributed by atoms with van der Waals surface area (Å²) < 4.78 is 0. The molecule has 3 aromatic carbocycles. The van der Waals surface area contributed by atoms with Gasteiger partial charge in [-0.15, -0.1) is 0 Å². The zero-order chi connectivity index (χ0) is 22.1. The van der Waals surface area contributed by atoms with Gasteiger partial charge in [-0.2, -0.15) is 0 Å². The van der Waals surface area contributed by atoms with Crippen LogP contribution >= 0.6 is 23.2 Å². The number of hydrogen-bond donors (Lipinski definition) is 2. The molecular weight excluding hydrogens is 441 g/mol. The summed E-state index contributed by atoms with van der Waals surface area (Å²) in [6, 6.07) is 21.9.